The number of aryl methyl sites for hydroxylation is 2. The number of nitrogens with one attached hydrogen (secondary N) is 3. The van der Waals surface area contributed by atoms with Crippen molar-refractivity contribution in [3.05, 3.63) is 70.0 Å². The molecular weight excluding hydrogens is 442 g/mol. The molecule has 1 atom stereocenters. The van der Waals surface area contributed by atoms with Crippen LogP contribution in [-0.4, -0.2) is 35.6 Å². The Morgan fingerprint density at radius 2 is 1.88 bits per heavy atom. The van der Waals surface area contributed by atoms with Crippen LogP contribution in [0.3, 0.4) is 0 Å². The first-order chi connectivity index (χ1) is 16.4. The van der Waals surface area contributed by atoms with Crippen LogP contribution >= 0.6 is 11.9 Å². The number of anilines is 2. The van der Waals surface area contributed by atoms with Gasteiger partial charge in [0.05, 0.1) is 5.69 Å². The minimum absolute atomic E-state index is 0.169. The molecule has 1 aliphatic heterocycles. The molecule has 1 aliphatic rings. The fraction of sp³-hybridized carbons (Fsp3) is 0.407. The van der Waals surface area contributed by atoms with Gasteiger partial charge in [0.25, 0.3) is 5.56 Å². The maximum Gasteiger partial charge on any atom is 0.252 e. The minimum Gasteiger partial charge on any atom is -0.370 e. The van der Waals surface area contributed by atoms with Crippen LogP contribution in [0, 0.1) is 19.8 Å². The molecule has 0 saturated carbocycles. The maximum absolute atomic E-state index is 12.3. The van der Waals surface area contributed by atoms with Crippen molar-refractivity contribution >= 4 is 23.6 Å². The molecule has 0 amide bonds. The quantitative estimate of drug-likeness (QED) is 0.397. The average molecular weight is 478 g/mol. The summed E-state index contributed by atoms with van der Waals surface area (Å²) in [5.41, 5.74) is 4.96. The van der Waals surface area contributed by atoms with Crippen LogP contribution in [0.5, 0.6) is 0 Å². The number of aromatic amines is 1. The van der Waals surface area contributed by atoms with E-state index >= 15 is 0 Å². The van der Waals surface area contributed by atoms with Crippen molar-refractivity contribution in [2.24, 2.45) is 5.92 Å². The molecule has 34 heavy (non-hydrogen) atoms. The average Bonchev–Trinajstić information content (AvgIpc) is 3.03. The second kappa shape index (κ2) is 11.1. The fourth-order valence-corrected chi connectivity index (χ4v) is 5.30. The predicted octanol–water partition coefficient (Wildman–Crippen LogP) is 5.39. The molecule has 2 heterocycles. The predicted molar refractivity (Wildman–Crippen MR) is 144 cm³/mol. The second-order valence-corrected chi connectivity index (χ2v) is 10.4. The molecule has 1 fully saturated rings. The summed E-state index contributed by atoms with van der Waals surface area (Å²) in [4.78, 5) is 23.4. The number of H-pyrrole nitrogens is 1. The Morgan fingerprint density at radius 3 is 2.65 bits per heavy atom. The van der Waals surface area contributed by atoms with Crippen molar-refractivity contribution in [2.75, 3.05) is 29.3 Å². The normalized spacial score (nSPS) is 16.5. The highest BCUT2D eigenvalue weighted by atomic mass is 32.2. The summed E-state index contributed by atoms with van der Waals surface area (Å²) < 4.78 is 3.24. The molecule has 1 unspecified atom stereocenters. The summed E-state index contributed by atoms with van der Waals surface area (Å²) in [5, 5.41) is 3.70. The zero-order valence-electron chi connectivity index (χ0n) is 20.5. The molecule has 2 aromatic carbocycles. The Balaban J connectivity index is 1.45. The molecular formula is C27H35N5OS. The Morgan fingerprint density at radius 1 is 1.12 bits per heavy atom. The van der Waals surface area contributed by atoms with Gasteiger partial charge in [0, 0.05) is 47.9 Å². The van der Waals surface area contributed by atoms with Crippen LogP contribution in [0.1, 0.15) is 37.8 Å². The van der Waals surface area contributed by atoms with Crippen molar-refractivity contribution in [2.45, 2.75) is 51.5 Å². The summed E-state index contributed by atoms with van der Waals surface area (Å²) in [6.07, 6.45) is 2.38. The third-order valence-corrected chi connectivity index (χ3v) is 7.03. The Hall–Kier alpha value is -2.77. The molecule has 3 aromatic rings. The highest BCUT2D eigenvalue weighted by Gasteiger charge is 2.18. The highest BCUT2D eigenvalue weighted by Crippen LogP contribution is 2.28. The number of rotatable bonds is 7. The second-order valence-electron chi connectivity index (χ2n) is 9.50. The van der Waals surface area contributed by atoms with E-state index in [-0.39, 0.29) is 5.56 Å². The van der Waals surface area contributed by atoms with Crippen molar-refractivity contribution in [3.8, 4) is 11.3 Å². The Kier molecular flexibility index (Phi) is 7.95. The third-order valence-electron chi connectivity index (χ3n) is 6.25. The molecule has 0 spiro atoms. The summed E-state index contributed by atoms with van der Waals surface area (Å²) in [7, 11) is 0. The molecule has 6 nitrogen and oxygen atoms in total. The van der Waals surface area contributed by atoms with Crippen LogP contribution in [0.4, 0.5) is 11.6 Å². The van der Waals surface area contributed by atoms with Gasteiger partial charge in [-0.15, -0.1) is 0 Å². The van der Waals surface area contributed by atoms with Crippen molar-refractivity contribution < 1.29 is 0 Å². The summed E-state index contributed by atoms with van der Waals surface area (Å²) >= 11 is 1.46. The van der Waals surface area contributed by atoms with E-state index in [1.54, 1.807) is 6.07 Å². The molecule has 0 aliphatic carbocycles. The van der Waals surface area contributed by atoms with E-state index in [0.29, 0.717) is 23.6 Å². The zero-order chi connectivity index (χ0) is 24.1. The van der Waals surface area contributed by atoms with E-state index in [1.165, 1.54) is 24.1 Å². The molecule has 3 N–H and O–H groups in total. The van der Waals surface area contributed by atoms with Gasteiger partial charge in [-0.1, -0.05) is 38.1 Å². The third kappa shape index (κ3) is 6.21. The number of aromatic nitrogens is 2. The number of hydrogen-bond acceptors (Lipinski definition) is 6. The lowest BCUT2D eigenvalue weighted by Crippen LogP contribution is -2.31. The van der Waals surface area contributed by atoms with Crippen LogP contribution in [0.15, 0.2) is 58.2 Å². The van der Waals surface area contributed by atoms with Crippen molar-refractivity contribution in [1.82, 2.24) is 15.3 Å². The highest BCUT2D eigenvalue weighted by molar-refractivity contribution is 8.00. The first-order valence-electron chi connectivity index (χ1n) is 12.1. The molecule has 0 bridgehead atoms. The summed E-state index contributed by atoms with van der Waals surface area (Å²) in [6, 6.07) is 16.8. The fourth-order valence-electron chi connectivity index (χ4n) is 4.66. The monoisotopic (exact) mass is 477 g/mol. The first kappa shape index (κ1) is 24.4. The largest absolute Gasteiger partial charge is 0.370 e. The summed E-state index contributed by atoms with van der Waals surface area (Å²) in [6.45, 7) is 11.7. The number of benzene rings is 2. The molecule has 1 aromatic heterocycles. The van der Waals surface area contributed by atoms with E-state index in [2.05, 4.69) is 58.0 Å². The standard InChI is InChI=1S/C27H35N5OS/c1-18(2)15-21-11-13-32(14-12-28-21)22-9-6-10-23(16-22)34-31-27-29-24(17-25(33)30-27)26-19(3)7-5-8-20(26)4/h5-10,16-18,21,28H,11-15H2,1-4H3,(H2,29,30,31,33). The van der Waals surface area contributed by atoms with Gasteiger partial charge in [0.15, 0.2) is 0 Å². The van der Waals surface area contributed by atoms with Gasteiger partial charge in [0.1, 0.15) is 0 Å². The topological polar surface area (TPSA) is 73.1 Å². The van der Waals surface area contributed by atoms with Gasteiger partial charge in [-0.05, 0) is 73.9 Å². The van der Waals surface area contributed by atoms with Gasteiger partial charge in [-0.25, -0.2) is 4.98 Å². The van der Waals surface area contributed by atoms with E-state index < -0.39 is 0 Å². The number of nitrogens with zero attached hydrogens (tertiary/aromatic N) is 2. The zero-order valence-corrected chi connectivity index (χ0v) is 21.3. The Bertz CT molecular complexity index is 1160. The maximum atomic E-state index is 12.3. The molecule has 7 heteroatoms. The van der Waals surface area contributed by atoms with Crippen LogP contribution < -0.4 is 20.5 Å². The molecule has 180 valence electrons. The molecule has 4 rings (SSSR count). The molecule has 1 saturated heterocycles. The van der Waals surface area contributed by atoms with Gasteiger partial charge in [-0.2, -0.15) is 0 Å². The first-order valence-corrected chi connectivity index (χ1v) is 12.9. The lowest BCUT2D eigenvalue weighted by atomic mass is 10.00. The Labute approximate surface area is 206 Å². The van der Waals surface area contributed by atoms with Gasteiger partial charge < -0.3 is 10.2 Å². The van der Waals surface area contributed by atoms with Gasteiger partial charge >= 0.3 is 0 Å². The van der Waals surface area contributed by atoms with Crippen LogP contribution in [0.25, 0.3) is 11.3 Å². The van der Waals surface area contributed by atoms with Gasteiger partial charge in [-0.3, -0.25) is 14.5 Å². The minimum atomic E-state index is -0.169. The van der Waals surface area contributed by atoms with Crippen molar-refractivity contribution in [3.63, 3.8) is 0 Å². The van der Waals surface area contributed by atoms with Crippen LogP contribution in [0.2, 0.25) is 0 Å². The SMILES string of the molecule is Cc1cccc(C)c1-c1cc(=O)[nH]c(NSc2cccc(N3CCNC(CC(C)C)CC3)c2)n1. The van der Waals surface area contributed by atoms with Gasteiger partial charge in [0.2, 0.25) is 5.95 Å². The summed E-state index contributed by atoms with van der Waals surface area (Å²) in [5.74, 6) is 1.17. The lowest BCUT2D eigenvalue weighted by Gasteiger charge is -2.23. The number of hydrogen-bond donors (Lipinski definition) is 3. The van der Waals surface area contributed by atoms with E-state index in [9.17, 15) is 4.79 Å². The smallest absolute Gasteiger partial charge is 0.252 e. The van der Waals surface area contributed by atoms with E-state index in [1.807, 2.05) is 32.0 Å². The molecule has 0 radical (unpaired) electrons. The lowest BCUT2D eigenvalue weighted by molar-refractivity contribution is 0.422. The van der Waals surface area contributed by atoms with Crippen molar-refractivity contribution in [1.29, 1.82) is 0 Å². The van der Waals surface area contributed by atoms with E-state index in [4.69, 9.17) is 4.98 Å². The van der Waals surface area contributed by atoms with E-state index in [0.717, 1.165) is 47.6 Å². The van der Waals surface area contributed by atoms with Crippen LogP contribution in [-0.2, 0) is 0 Å².